The van der Waals surface area contributed by atoms with Crippen LogP contribution in [0.5, 0.6) is 0 Å². The highest BCUT2D eigenvalue weighted by Gasteiger charge is 2.85. The van der Waals surface area contributed by atoms with E-state index >= 15 is 0 Å². The van der Waals surface area contributed by atoms with Crippen molar-refractivity contribution in [2.45, 2.75) is 217 Å². The van der Waals surface area contributed by atoms with Crippen LogP contribution in [0, 0.1) is 0 Å². The number of nitrogens with one attached hydrogen (secondary N) is 2. The van der Waals surface area contributed by atoms with Crippen LogP contribution in [0.4, 0.5) is 0 Å². The lowest BCUT2D eigenvalue weighted by molar-refractivity contribution is -0.270. The molecular weight excluding hydrogens is 1200 g/mol. The fraction of sp³-hybridized carbons (Fsp3) is 0.679. The number of amides is 1. The van der Waals surface area contributed by atoms with Crippen LogP contribution in [0.3, 0.4) is 0 Å². The lowest BCUT2D eigenvalue weighted by Crippen LogP contribution is -2.63. The molecule has 6 aliphatic rings. The molecule has 0 saturated carbocycles. The fourth-order valence-corrected chi connectivity index (χ4v) is 14.6. The molecule has 6 aromatic heterocycles. The Kier molecular flexibility index (Phi) is 15.9. The Bertz CT molecular complexity index is 3830. The summed E-state index contributed by atoms with van der Waals surface area (Å²) >= 11 is 18.4. The number of rotatable bonds is 6. The van der Waals surface area contributed by atoms with Gasteiger partial charge in [-0.25, -0.2) is 44.7 Å². The van der Waals surface area contributed by atoms with Gasteiger partial charge in [0, 0.05) is 14.1 Å². The molecule has 0 aromatic carbocycles. The minimum absolute atomic E-state index is 0. The third-order valence-corrected chi connectivity index (χ3v) is 19.8. The summed E-state index contributed by atoms with van der Waals surface area (Å²) in [4.78, 5) is 87.7. The molecule has 6 aromatic rings. The van der Waals surface area contributed by atoms with Gasteiger partial charge in [0.15, 0.2) is 84.1 Å². The molecule has 0 aliphatic carbocycles. The molecule has 0 spiro atoms. The molecule has 87 heavy (non-hydrogen) atoms. The van der Waals surface area contributed by atoms with Crippen molar-refractivity contribution < 1.29 is 62.1 Å². The van der Waals surface area contributed by atoms with Gasteiger partial charge in [-0.3, -0.25) is 28.1 Å². The van der Waals surface area contributed by atoms with Gasteiger partial charge in [0.1, 0.15) is 57.3 Å². The van der Waals surface area contributed by atoms with Gasteiger partial charge in [-0.05, 0) is 150 Å². The number of ether oxygens (including phenoxy) is 9. The number of fused-ring (bicyclic) bond motifs is 6. The Hall–Kier alpha value is -5.47. The first-order valence-electron chi connectivity index (χ1n) is 27.4. The lowest BCUT2D eigenvalue weighted by atomic mass is 9.72. The summed E-state index contributed by atoms with van der Waals surface area (Å²) in [6.45, 7) is 31.6. The quantitative estimate of drug-likeness (QED) is 0.114. The minimum atomic E-state index is -1.73. The zero-order valence-electron chi connectivity index (χ0n) is 52.2. The lowest BCUT2D eigenvalue weighted by Gasteiger charge is -2.41. The van der Waals surface area contributed by atoms with Gasteiger partial charge in [0.05, 0.1) is 25.3 Å². The Morgan fingerprint density at radius 1 is 0.494 bits per heavy atom. The number of H-pyrrole nitrogens is 1. The number of likely N-dealkylation sites (N-methyl/N-ethyl adjacent to an activating group) is 1. The van der Waals surface area contributed by atoms with Crippen molar-refractivity contribution in [3.05, 3.63) is 58.6 Å². The van der Waals surface area contributed by atoms with Crippen LogP contribution in [0.25, 0.3) is 33.5 Å². The maximum atomic E-state index is 13.3. The molecule has 6 saturated heterocycles. The molecule has 3 N–H and O–H groups in total. The second-order valence-electron chi connectivity index (χ2n) is 25.6. The van der Waals surface area contributed by atoms with Gasteiger partial charge in [0.2, 0.25) is 0 Å². The third-order valence-electron chi connectivity index (χ3n) is 18.9. The summed E-state index contributed by atoms with van der Waals surface area (Å²) in [5, 5.41) is 12.5. The van der Waals surface area contributed by atoms with E-state index in [9.17, 15) is 24.3 Å². The van der Waals surface area contributed by atoms with Crippen LogP contribution < -0.4 is 10.9 Å². The van der Waals surface area contributed by atoms with Crippen LogP contribution in [0.15, 0.2) is 42.8 Å². The zero-order chi connectivity index (χ0) is 64.4. The number of hydrogen-bond donors (Lipinski definition) is 3. The Balaban J connectivity index is 0.000000165. The number of imidazole rings is 3. The second kappa shape index (κ2) is 20.5. The summed E-state index contributed by atoms with van der Waals surface area (Å²) in [6.07, 6.45) is 8.48. The van der Waals surface area contributed by atoms with Crippen molar-refractivity contribution in [3.63, 3.8) is 0 Å². The molecule has 28 nitrogen and oxygen atoms in total. The van der Waals surface area contributed by atoms with Crippen molar-refractivity contribution >= 4 is 85.4 Å². The number of hydrogen-bond acceptors (Lipinski definition) is 22. The zero-order valence-corrected chi connectivity index (χ0v) is 54.5. The Morgan fingerprint density at radius 2 is 0.805 bits per heavy atom. The minimum Gasteiger partial charge on any atom is -0.479 e. The summed E-state index contributed by atoms with van der Waals surface area (Å²) in [5.41, 5.74) is -13.7. The highest BCUT2D eigenvalue weighted by Crippen LogP contribution is 2.67. The third kappa shape index (κ3) is 8.73. The smallest absolute Gasteiger partial charge is 0.338 e. The number of carbonyl (C=O) groups excluding carboxylic acids is 2. The van der Waals surface area contributed by atoms with Crippen molar-refractivity contribution in [2.24, 2.45) is 0 Å². The summed E-state index contributed by atoms with van der Waals surface area (Å²) in [7, 11) is 7.13. The molecule has 0 bridgehead atoms. The fourth-order valence-electron chi connectivity index (χ4n) is 14.0. The van der Waals surface area contributed by atoms with Crippen molar-refractivity contribution in [3.8, 4) is 0 Å². The number of aromatic amines is 1. The molecule has 478 valence electrons. The highest BCUT2D eigenvalue weighted by atomic mass is 35.5. The van der Waals surface area contributed by atoms with E-state index in [2.05, 4.69) is 50.2 Å². The predicted octanol–water partition coefficient (Wildman–Crippen LogP) is 6.77. The number of aromatic nitrogens is 12. The topological polar surface area (TPSA) is 321 Å². The van der Waals surface area contributed by atoms with E-state index in [-0.39, 0.29) is 34.8 Å². The first-order valence-corrected chi connectivity index (χ1v) is 28.5. The Labute approximate surface area is 517 Å². The molecule has 12 rings (SSSR count). The van der Waals surface area contributed by atoms with Gasteiger partial charge >= 0.3 is 5.97 Å². The molecule has 12 unspecified atom stereocenters. The van der Waals surface area contributed by atoms with Crippen molar-refractivity contribution in [1.29, 1.82) is 0 Å². The number of carbonyl (C=O) groups is 3. The SMILES string of the molecule is C.CC1(C)OC2(C)C(C)(C(=O)Cl)OC(C)(n3cnc4c(Cl)ncnc43)C2(C)O1.CC1(C)OC2(C)C(C)(C(=O)O)OC(C)(n3cnc4c(=O)[nH]cnc43)C2(C)O1.CN(C)C(=O)C1(C)OC(C)(n2cnc3c(Cl)ncnc32)C2(C)OC(C)(C)OC12C.CNC. The van der Waals surface area contributed by atoms with E-state index in [4.69, 9.17) is 77.4 Å². The van der Waals surface area contributed by atoms with Gasteiger partial charge in [-0.15, -0.1) is 0 Å². The van der Waals surface area contributed by atoms with Crippen LogP contribution in [0.1, 0.15) is 132 Å². The maximum Gasteiger partial charge on any atom is 0.338 e. The number of carboxylic acids is 1. The van der Waals surface area contributed by atoms with Crippen LogP contribution in [-0.2, 0) is 74.2 Å². The number of aliphatic carboxylic acids is 1. The van der Waals surface area contributed by atoms with Crippen molar-refractivity contribution in [2.75, 3.05) is 28.2 Å². The van der Waals surface area contributed by atoms with Crippen LogP contribution in [-0.4, -0.2) is 182 Å². The van der Waals surface area contributed by atoms with E-state index in [1.54, 1.807) is 106 Å². The normalized spacial score (nSPS) is 38.1. The van der Waals surface area contributed by atoms with E-state index in [0.29, 0.717) is 22.3 Å². The summed E-state index contributed by atoms with van der Waals surface area (Å²) < 4.78 is 61.9. The van der Waals surface area contributed by atoms with Crippen LogP contribution in [0.2, 0.25) is 10.3 Å². The van der Waals surface area contributed by atoms with E-state index < -0.39 is 102 Å². The van der Waals surface area contributed by atoms with E-state index in [1.807, 2.05) is 55.6 Å². The first kappa shape index (κ1) is 67.5. The number of halogens is 3. The van der Waals surface area contributed by atoms with E-state index in [1.165, 1.54) is 48.0 Å². The van der Waals surface area contributed by atoms with Gasteiger partial charge in [-0.2, -0.15) is 0 Å². The van der Waals surface area contributed by atoms with Crippen LogP contribution >= 0.6 is 34.8 Å². The van der Waals surface area contributed by atoms with Gasteiger partial charge in [0.25, 0.3) is 16.7 Å². The maximum absolute atomic E-state index is 13.3. The number of nitrogens with zero attached hydrogens (tertiary/aromatic N) is 12. The monoisotopic (exact) mass is 1280 g/mol. The van der Waals surface area contributed by atoms with Crippen molar-refractivity contribution in [1.82, 2.24) is 68.8 Å². The summed E-state index contributed by atoms with van der Waals surface area (Å²) in [6, 6.07) is 0. The number of carboxylic acid groups (broad SMARTS) is 1. The average Bonchev–Trinajstić information content (AvgIpc) is 1.51. The average molecular weight is 1280 g/mol. The molecule has 31 heteroatoms. The Morgan fingerprint density at radius 3 is 1.16 bits per heavy atom. The largest absolute Gasteiger partial charge is 0.479 e. The molecule has 6 aliphatic heterocycles. The standard InChI is InChI=1S/C19H26ClN5O4.C17H20Cl2N4O4.C17H22N4O6.C2H7N.CH4/c1-15(2)27-17(4)16(3,14(26)24(7)8)29-19(6,18(17,5)28-15)25-10-23-11-12(20)21-9-22-13(11)25;1-13(2)25-15(4)14(3,12(19)24)27-17(6,16(15,5)26-13)23-8-22-9-10(18)20-7-21-11(9)23;1-13(2)25-15(4)14(3,12(23)24)27-17(6,16(15,5)26-13)21-8-20-9-10(21)18-7-19-11(9)22;1-3-2;/h9-10H,1-8H3;7-8H,1-6H3;7-8H,1-6H3,(H,23,24)(H,18,19,22);3H,1-2H3;1H4. The molecular formula is C56H79Cl3N14O14. The predicted molar refractivity (Wildman–Crippen MR) is 316 cm³/mol. The first-order chi connectivity index (χ1) is 39.3. The van der Waals surface area contributed by atoms with E-state index in [0.717, 1.165) is 0 Å². The molecule has 1 amide bonds. The molecule has 12 heterocycles. The summed E-state index contributed by atoms with van der Waals surface area (Å²) in [5.74, 6) is -4.37. The molecule has 6 fully saturated rings. The van der Waals surface area contributed by atoms with Gasteiger partial charge in [-0.1, -0.05) is 30.6 Å². The second-order valence-corrected chi connectivity index (χ2v) is 26.6. The van der Waals surface area contributed by atoms with Gasteiger partial charge < -0.3 is 62.9 Å². The molecule has 0 radical (unpaired) electrons. The molecule has 12 atom stereocenters. The highest BCUT2D eigenvalue weighted by molar-refractivity contribution is 6.65.